The van der Waals surface area contributed by atoms with Crippen LogP contribution in [0.15, 0.2) is 11.6 Å². The number of hydrogen-bond donors (Lipinski definition) is 5. The fourth-order valence-corrected chi connectivity index (χ4v) is 11.3. The standard InChI is InChI=1S/C30H46O7/c1-15(2)16-7-9-19-26(16,3)13-14-27(4)17-8-10-20-29(6,24(34)35)22(32)21(31)23(33)30(20,25(36)37)18(17)11-12-28(19,27)5/h8,15-16,18-23,31-33H,7,9-14H2,1-6H3,(H,34,35)(H,36,37)/t16-,18-,19-,20+,21+,22+,23-,26-,27-,28+,29+,30+/m1/s1. The summed E-state index contributed by atoms with van der Waals surface area (Å²) in [5.74, 6) is -2.46. The highest BCUT2D eigenvalue weighted by Crippen LogP contribution is 2.76. The number of hydrogen-bond acceptors (Lipinski definition) is 5. The molecule has 4 fully saturated rings. The normalized spacial score (nSPS) is 55.0. The Hall–Kier alpha value is -1.44. The van der Waals surface area contributed by atoms with Crippen LogP contribution in [0.25, 0.3) is 0 Å². The molecule has 0 radical (unpaired) electrons. The fraction of sp³-hybridized carbons (Fsp3) is 0.867. The van der Waals surface area contributed by atoms with E-state index in [-0.39, 0.29) is 22.7 Å². The van der Waals surface area contributed by atoms with E-state index in [1.165, 1.54) is 19.8 Å². The lowest BCUT2D eigenvalue weighted by molar-refractivity contribution is -0.256. The molecule has 0 aromatic rings. The highest BCUT2D eigenvalue weighted by Gasteiger charge is 2.76. The maximum atomic E-state index is 13.3. The van der Waals surface area contributed by atoms with Gasteiger partial charge in [0.2, 0.25) is 0 Å². The van der Waals surface area contributed by atoms with Gasteiger partial charge in [-0.15, -0.1) is 0 Å². The summed E-state index contributed by atoms with van der Waals surface area (Å²) in [5.41, 5.74) is -2.82. The second-order valence-electron chi connectivity index (χ2n) is 14.5. The molecule has 0 saturated heterocycles. The molecule has 0 spiro atoms. The van der Waals surface area contributed by atoms with Crippen LogP contribution in [0.4, 0.5) is 0 Å². The van der Waals surface area contributed by atoms with Crippen molar-refractivity contribution in [2.45, 2.75) is 105 Å². The quantitative estimate of drug-likeness (QED) is 0.355. The van der Waals surface area contributed by atoms with Crippen LogP contribution < -0.4 is 0 Å². The summed E-state index contributed by atoms with van der Waals surface area (Å²) >= 11 is 0. The second-order valence-corrected chi connectivity index (χ2v) is 14.5. The Morgan fingerprint density at radius 3 is 2.08 bits per heavy atom. The van der Waals surface area contributed by atoms with Crippen LogP contribution >= 0.6 is 0 Å². The van der Waals surface area contributed by atoms with Gasteiger partial charge in [-0.25, -0.2) is 0 Å². The van der Waals surface area contributed by atoms with E-state index < -0.39 is 52.9 Å². The number of aliphatic hydroxyl groups excluding tert-OH is 3. The van der Waals surface area contributed by atoms with Gasteiger partial charge in [0.25, 0.3) is 0 Å². The van der Waals surface area contributed by atoms with Crippen LogP contribution in [0.3, 0.4) is 0 Å². The molecule has 0 heterocycles. The lowest BCUT2D eigenvalue weighted by Gasteiger charge is -2.69. The average molecular weight is 519 g/mol. The van der Waals surface area contributed by atoms with Gasteiger partial charge in [-0.1, -0.05) is 46.3 Å². The zero-order chi connectivity index (χ0) is 27.5. The Morgan fingerprint density at radius 2 is 1.51 bits per heavy atom. The highest BCUT2D eigenvalue weighted by molar-refractivity contribution is 5.83. The Balaban J connectivity index is 1.66. The molecular formula is C30H46O7. The van der Waals surface area contributed by atoms with Crippen molar-refractivity contribution in [3.63, 3.8) is 0 Å². The van der Waals surface area contributed by atoms with E-state index in [4.69, 9.17) is 0 Å². The first-order valence-electron chi connectivity index (χ1n) is 14.3. The maximum Gasteiger partial charge on any atom is 0.313 e. The first-order valence-corrected chi connectivity index (χ1v) is 14.3. The number of carbonyl (C=O) groups is 2. The van der Waals surface area contributed by atoms with Gasteiger partial charge in [-0.05, 0) is 91.8 Å². The van der Waals surface area contributed by atoms with Gasteiger partial charge >= 0.3 is 11.9 Å². The predicted molar refractivity (Wildman–Crippen MR) is 137 cm³/mol. The molecule has 37 heavy (non-hydrogen) atoms. The number of aliphatic carboxylic acids is 2. The summed E-state index contributed by atoms with van der Waals surface area (Å²) in [6, 6.07) is 0. The van der Waals surface area contributed by atoms with Gasteiger partial charge in [0.05, 0.1) is 17.6 Å². The monoisotopic (exact) mass is 518 g/mol. The molecule has 0 aliphatic heterocycles. The minimum atomic E-state index is -1.90. The van der Waals surface area contributed by atoms with Crippen molar-refractivity contribution in [3.05, 3.63) is 11.6 Å². The van der Waals surface area contributed by atoms with Crippen molar-refractivity contribution in [2.24, 2.45) is 56.7 Å². The first-order chi connectivity index (χ1) is 17.1. The number of carboxylic acids is 2. The van der Waals surface area contributed by atoms with Crippen molar-refractivity contribution in [1.82, 2.24) is 0 Å². The summed E-state index contributed by atoms with van der Waals surface area (Å²) < 4.78 is 0. The summed E-state index contributed by atoms with van der Waals surface area (Å²) in [7, 11) is 0. The molecule has 0 unspecified atom stereocenters. The molecule has 7 nitrogen and oxygen atoms in total. The van der Waals surface area contributed by atoms with Gasteiger partial charge in [-0.2, -0.15) is 0 Å². The van der Waals surface area contributed by atoms with Crippen LogP contribution in [-0.4, -0.2) is 55.8 Å². The number of rotatable bonds is 3. The minimum Gasteiger partial charge on any atom is -0.481 e. The lowest BCUT2D eigenvalue weighted by atomic mass is 9.35. The third-order valence-corrected chi connectivity index (χ3v) is 13.4. The minimum absolute atomic E-state index is 0.0354. The molecule has 5 aliphatic rings. The summed E-state index contributed by atoms with van der Waals surface area (Å²) in [4.78, 5) is 25.8. The van der Waals surface area contributed by atoms with E-state index in [9.17, 15) is 35.1 Å². The first kappa shape index (κ1) is 27.1. The van der Waals surface area contributed by atoms with Crippen molar-refractivity contribution < 1.29 is 35.1 Å². The van der Waals surface area contributed by atoms with Gasteiger partial charge in [0, 0.05) is 5.92 Å². The van der Waals surface area contributed by atoms with Gasteiger partial charge in [0.15, 0.2) is 0 Å². The van der Waals surface area contributed by atoms with Gasteiger partial charge in [0.1, 0.15) is 11.5 Å². The predicted octanol–water partition coefficient (Wildman–Crippen LogP) is 4.10. The van der Waals surface area contributed by atoms with E-state index in [1.54, 1.807) is 0 Å². The number of fused-ring (bicyclic) bond motifs is 7. The molecule has 0 aromatic carbocycles. The third-order valence-electron chi connectivity index (χ3n) is 13.4. The molecule has 7 heteroatoms. The van der Waals surface area contributed by atoms with E-state index >= 15 is 0 Å². The van der Waals surface area contributed by atoms with Crippen LogP contribution in [0.1, 0.15) is 86.5 Å². The Bertz CT molecular complexity index is 1040. The molecule has 0 aromatic heterocycles. The SMILES string of the molecule is CC(C)[C@H]1CC[C@@H]2[C@]1(C)CC[C@]1(C)C3=CC[C@H]4[C@](C)(C(=O)O)[C@@H](O)[C@H](O)[C@@H](O)[C@]4(C(=O)O)[C@@H]3CC[C@@]21C. The molecule has 5 rings (SSSR count). The van der Waals surface area contributed by atoms with Gasteiger partial charge in [-0.3, -0.25) is 9.59 Å². The number of aliphatic hydroxyl groups is 3. The lowest BCUT2D eigenvalue weighted by Crippen LogP contribution is -2.74. The Kier molecular flexibility index (Phi) is 5.90. The number of allylic oxidation sites excluding steroid dienone is 2. The molecule has 4 saturated carbocycles. The summed E-state index contributed by atoms with van der Waals surface area (Å²) in [6.45, 7) is 13.1. The van der Waals surface area contributed by atoms with Gasteiger partial charge < -0.3 is 25.5 Å². The van der Waals surface area contributed by atoms with Crippen LogP contribution in [-0.2, 0) is 9.59 Å². The molecule has 0 bridgehead atoms. The van der Waals surface area contributed by atoms with Crippen molar-refractivity contribution in [3.8, 4) is 0 Å². The second kappa shape index (κ2) is 8.04. The third kappa shape index (κ3) is 2.89. The van der Waals surface area contributed by atoms with Crippen LogP contribution in [0.5, 0.6) is 0 Å². The Labute approximate surface area is 220 Å². The van der Waals surface area contributed by atoms with E-state index in [0.29, 0.717) is 24.2 Å². The molecule has 0 amide bonds. The molecule has 5 N–H and O–H groups in total. The highest BCUT2D eigenvalue weighted by atomic mass is 16.4. The molecule has 12 atom stereocenters. The summed E-state index contributed by atoms with van der Waals surface area (Å²) in [5, 5.41) is 54.2. The fourth-order valence-electron chi connectivity index (χ4n) is 11.3. The molecular weight excluding hydrogens is 472 g/mol. The topological polar surface area (TPSA) is 135 Å². The van der Waals surface area contributed by atoms with E-state index in [0.717, 1.165) is 24.8 Å². The molecule has 5 aliphatic carbocycles. The van der Waals surface area contributed by atoms with Crippen molar-refractivity contribution in [2.75, 3.05) is 0 Å². The number of carboxylic acid groups (broad SMARTS) is 2. The van der Waals surface area contributed by atoms with E-state index in [1.807, 2.05) is 0 Å². The zero-order valence-electron chi connectivity index (χ0n) is 23.2. The summed E-state index contributed by atoms with van der Waals surface area (Å²) in [6.07, 6.45) is 2.54. The van der Waals surface area contributed by atoms with Crippen LogP contribution in [0, 0.1) is 56.7 Å². The largest absolute Gasteiger partial charge is 0.481 e. The van der Waals surface area contributed by atoms with Crippen molar-refractivity contribution >= 4 is 11.9 Å². The zero-order valence-corrected chi connectivity index (χ0v) is 23.2. The average Bonchev–Trinajstić information content (AvgIpc) is 3.20. The molecule has 208 valence electrons. The Morgan fingerprint density at radius 1 is 0.865 bits per heavy atom. The smallest absolute Gasteiger partial charge is 0.313 e. The van der Waals surface area contributed by atoms with Crippen molar-refractivity contribution in [1.29, 1.82) is 0 Å². The maximum absolute atomic E-state index is 13.3. The van der Waals surface area contributed by atoms with Crippen LogP contribution in [0.2, 0.25) is 0 Å². The van der Waals surface area contributed by atoms with E-state index in [2.05, 4.69) is 40.7 Å².